The van der Waals surface area contributed by atoms with Gasteiger partial charge in [-0.25, -0.2) is 8.42 Å². The first-order valence-corrected chi connectivity index (χ1v) is 13.1. The van der Waals surface area contributed by atoms with Crippen LogP contribution in [0.5, 0.6) is 11.5 Å². The number of nitrogens with one attached hydrogen (secondary N) is 1. The molecule has 0 heterocycles. The van der Waals surface area contributed by atoms with Crippen LogP contribution < -0.4 is 14.4 Å². The van der Waals surface area contributed by atoms with Gasteiger partial charge in [-0.3, -0.25) is 9.10 Å². The molecule has 3 aromatic rings. The fraction of sp³-hybridized carbons (Fsp3) is 0.208. The zero-order valence-electron chi connectivity index (χ0n) is 17.8. The van der Waals surface area contributed by atoms with Gasteiger partial charge in [0.05, 0.1) is 11.9 Å². The molecule has 0 aromatic heterocycles. The Bertz CT molecular complexity index is 1090. The Morgan fingerprint density at radius 2 is 1.50 bits per heavy atom. The van der Waals surface area contributed by atoms with Crippen molar-refractivity contribution in [3.05, 3.63) is 90.5 Å². The van der Waals surface area contributed by atoms with E-state index in [1.807, 2.05) is 48.5 Å². The number of nitrogens with zero attached hydrogens (tertiary/aromatic N) is 1. The molecule has 0 spiro atoms. The third-order valence-electron chi connectivity index (χ3n) is 4.47. The van der Waals surface area contributed by atoms with Crippen molar-refractivity contribution in [1.82, 2.24) is 5.32 Å². The molecule has 3 rings (SSSR count). The van der Waals surface area contributed by atoms with Crippen molar-refractivity contribution in [3.63, 3.8) is 0 Å². The minimum absolute atomic E-state index is 0.277. The van der Waals surface area contributed by atoms with Gasteiger partial charge in [0.25, 0.3) is 0 Å². The number of sulfonamides is 1. The zero-order valence-corrected chi connectivity index (χ0v) is 19.4. The fourth-order valence-corrected chi connectivity index (χ4v) is 4.59. The zero-order chi connectivity index (χ0) is 22.8. The summed E-state index contributed by atoms with van der Waals surface area (Å²) >= 11 is 1.71. The highest BCUT2D eigenvalue weighted by Crippen LogP contribution is 2.25. The highest BCUT2D eigenvalue weighted by molar-refractivity contribution is 7.98. The Morgan fingerprint density at radius 3 is 2.12 bits per heavy atom. The number of hydrogen-bond donors (Lipinski definition) is 1. The van der Waals surface area contributed by atoms with Gasteiger partial charge in [0, 0.05) is 18.1 Å². The average molecular weight is 471 g/mol. The van der Waals surface area contributed by atoms with Gasteiger partial charge in [0.2, 0.25) is 15.9 Å². The Labute approximate surface area is 193 Å². The highest BCUT2D eigenvalue weighted by atomic mass is 32.2. The first kappa shape index (κ1) is 23.7. The van der Waals surface area contributed by atoms with Crippen LogP contribution in [0.4, 0.5) is 5.69 Å². The van der Waals surface area contributed by atoms with Crippen molar-refractivity contribution in [2.24, 2.45) is 0 Å². The van der Waals surface area contributed by atoms with Gasteiger partial charge >= 0.3 is 0 Å². The average Bonchev–Trinajstić information content (AvgIpc) is 2.79. The van der Waals surface area contributed by atoms with E-state index in [-0.39, 0.29) is 12.5 Å². The lowest BCUT2D eigenvalue weighted by Crippen LogP contribution is -2.41. The van der Waals surface area contributed by atoms with Crippen molar-refractivity contribution >= 4 is 33.4 Å². The maximum absolute atomic E-state index is 12.4. The molecular weight excluding hydrogens is 444 g/mol. The number of rotatable bonds is 11. The Hall–Kier alpha value is -2.97. The van der Waals surface area contributed by atoms with Crippen LogP contribution in [-0.4, -0.2) is 39.4 Å². The first-order valence-electron chi connectivity index (χ1n) is 10.1. The summed E-state index contributed by atoms with van der Waals surface area (Å²) in [6.07, 6.45) is 1.09. The van der Waals surface area contributed by atoms with Gasteiger partial charge in [0.15, 0.2) is 0 Å². The summed E-state index contributed by atoms with van der Waals surface area (Å²) in [6, 6.07) is 26.0. The third-order valence-corrected chi connectivity index (χ3v) is 6.64. The molecule has 1 N–H and O–H groups in total. The summed E-state index contributed by atoms with van der Waals surface area (Å²) in [5.41, 5.74) is 1.63. The predicted octanol–water partition coefficient (Wildman–Crippen LogP) is 4.29. The molecule has 6 nitrogen and oxygen atoms in total. The van der Waals surface area contributed by atoms with Crippen LogP contribution in [0.3, 0.4) is 0 Å². The van der Waals surface area contributed by atoms with Crippen LogP contribution in [-0.2, 0) is 20.6 Å². The van der Waals surface area contributed by atoms with Gasteiger partial charge in [-0.1, -0.05) is 48.5 Å². The molecule has 32 heavy (non-hydrogen) atoms. The third kappa shape index (κ3) is 7.62. The molecule has 1 amide bonds. The van der Waals surface area contributed by atoms with Gasteiger partial charge in [-0.05, 0) is 42.0 Å². The molecule has 0 unspecified atom stereocenters. The van der Waals surface area contributed by atoms with E-state index < -0.39 is 10.0 Å². The molecule has 0 saturated heterocycles. The summed E-state index contributed by atoms with van der Waals surface area (Å²) in [4.78, 5) is 12.4. The molecule has 0 saturated carbocycles. The summed E-state index contributed by atoms with van der Waals surface area (Å²) in [5.74, 6) is 2.52. The Morgan fingerprint density at radius 1 is 0.906 bits per heavy atom. The second-order valence-electron chi connectivity index (χ2n) is 7.07. The van der Waals surface area contributed by atoms with E-state index in [4.69, 9.17) is 4.74 Å². The van der Waals surface area contributed by atoms with Crippen molar-refractivity contribution in [1.29, 1.82) is 0 Å². The van der Waals surface area contributed by atoms with Crippen molar-refractivity contribution < 1.29 is 17.9 Å². The van der Waals surface area contributed by atoms with E-state index in [0.717, 1.165) is 22.1 Å². The van der Waals surface area contributed by atoms with Crippen LogP contribution >= 0.6 is 11.8 Å². The minimum Gasteiger partial charge on any atom is -0.457 e. The fourth-order valence-electron chi connectivity index (χ4n) is 2.92. The quantitative estimate of drug-likeness (QED) is 0.423. The van der Waals surface area contributed by atoms with Crippen LogP contribution in [0, 0.1) is 0 Å². The number of carbonyl (C=O) groups excluding carboxylic acids is 1. The van der Waals surface area contributed by atoms with Gasteiger partial charge in [-0.2, -0.15) is 11.8 Å². The van der Waals surface area contributed by atoms with E-state index in [9.17, 15) is 13.2 Å². The van der Waals surface area contributed by atoms with Gasteiger partial charge < -0.3 is 10.1 Å². The monoisotopic (exact) mass is 470 g/mol. The molecular formula is C24H26N2O4S2. The van der Waals surface area contributed by atoms with E-state index in [1.54, 1.807) is 36.0 Å². The Kier molecular flexibility index (Phi) is 8.58. The molecule has 168 valence electrons. The lowest BCUT2D eigenvalue weighted by Gasteiger charge is -2.22. The minimum atomic E-state index is -3.63. The smallest absolute Gasteiger partial charge is 0.240 e. The van der Waals surface area contributed by atoms with Crippen LogP contribution in [0.1, 0.15) is 5.56 Å². The molecule has 3 aromatic carbocycles. The van der Waals surface area contributed by atoms with Crippen LogP contribution in [0.15, 0.2) is 84.9 Å². The van der Waals surface area contributed by atoms with Gasteiger partial charge in [0.1, 0.15) is 18.0 Å². The van der Waals surface area contributed by atoms with E-state index in [1.165, 1.54) is 5.56 Å². The van der Waals surface area contributed by atoms with Crippen molar-refractivity contribution in [3.8, 4) is 11.5 Å². The maximum Gasteiger partial charge on any atom is 0.240 e. The topological polar surface area (TPSA) is 75.7 Å². The number of amides is 1. The normalized spacial score (nSPS) is 11.0. The number of benzene rings is 3. The second-order valence-corrected chi connectivity index (χ2v) is 10.1. The largest absolute Gasteiger partial charge is 0.457 e. The van der Waals surface area contributed by atoms with E-state index in [0.29, 0.717) is 23.7 Å². The number of anilines is 1. The number of para-hydroxylation sites is 1. The molecule has 0 aliphatic rings. The summed E-state index contributed by atoms with van der Waals surface area (Å²) in [7, 11) is -3.63. The molecule has 0 radical (unpaired) electrons. The second kappa shape index (κ2) is 11.6. The van der Waals surface area contributed by atoms with Crippen molar-refractivity contribution in [2.75, 3.05) is 29.4 Å². The van der Waals surface area contributed by atoms with Gasteiger partial charge in [-0.15, -0.1) is 0 Å². The number of hydrogen-bond acceptors (Lipinski definition) is 5. The molecule has 0 aliphatic heterocycles. The number of ether oxygens (including phenoxy) is 1. The summed E-state index contributed by atoms with van der Waals surface area (Å²) in [6.45, 7) is 0.193. The highest BCUT2D eigenvalue weighted by Gasteiger charge is 2.20. The molecule has 0 aliphatic carbocycles. The summed E-state index contributed by atoms with van der Waals surface area (Å²) in [5, 5.41) is 2.79. The van der Waals surface area contributed by atoms with E-state index in [2.05, 4.69) is 17.4 Å². The van der Waals surface area contributed by atoms with Crippen LogP contribution in [0.2, 0.25) is 0 Å². The molecule has 0 bridgehead atoms. The lowest BCUT2D eigenvalue weighted by atomic mass is 10.2. The first-order chi connectivity index (χ1) is 15.4. The van der Waals surface area contributed by atoms with Crippen LogP contribution in [0.25, 0.3) is 0 Å². The number of carbonyl (C=O) groups is 1. The molecule has 8 heteroatoms. The lowest BCUT2D eigenvalue weighted by molar-refractivity contribution is -0.119. The summed E-state index contributed by atoms with van der Waals surface area (Å²) < 4.78 is 31.4. The Balaban J connectivity index is 1.51. The molecule has 0 atom stereocenters. The SMILES string of the molecule is CS(=O)(=O)N(CC(=O)NCCSCc1ccccc1)c1ccc(Oc2ccccc2)cc1. The number of thioether (sulfide) groups is 1. The maximum atomic E-state index is 12.4. The predicted molar refractivity (Wildman–Crippen MR) is 131 cm³/mol. The van der Waals surface area contributed by atoms with E-state index >= 15 is 0 Å². The van der Waals surface area contributed by atoms with Crippen molar-refractivity contribution in [2.45, 2.75) is 5.75 Å². The standard InChI is InChI=1S/C24H26N2O4S2/c1-32(28,29)26(18-24(27)25-16-17-31-19-20-8-4-2-5-9-20)21-12-14-23(15-13-21)30-22-10-6-3-7-11-22/h2-15H,16-19H2,1H3,(H,25,27). The molecule has 0 fully saturated rings.